The average Bonchev–Trinajstić information content (AvgIpc) is 3.29. The van der Waals surface area contributed by atoms with Crippen molar-refractivity contribution in [1.82, 2.24) is 19.5 Å². The van der Waals surface area contributed by atoms with E-state index in [1.807, 2.05) is 53.5 Å². The van der Waals surface area contributed by atoms with Gasteiger partial charge in [-0.2, -0.15) is 0 Å². The molecule has 0 aliphatic heterocycles. The highest BCUT2D eigenvalue weighted by Crippen LogP contribution is 2.30. The molecule has 0 bridgehead atoms. The largest absolute Gasteiger partial charge is 0.497 e. The van der Waals surface area contributed by atoms with Gasteiger partial charge in [0, 0.05) is 19.4 Å². The quantitative estimate of drug-likeness (QED) is 0.595. The fourth-order valence-electron chi connectivity index (χ4n) is 2.79. The van der Waals surface area contributed by atoms with Crippen molar-refractivity contribution in [2.24, 2.45) is 7.05 Å². The monoisotopic (exact) mass is 351 g/mol. The van der Waals surface area contributed by atoms with Gasteiger partial charge in [-0.1, -0.05) is 12.1 Å². The van der Waals surface area contributed by atoms with Gasteiger partial charge in [-0.05, 0) is 29.1 Å². The van der Waals surface area contributed by atoms with E-state index in [0.717, 1.165) is 33.2 Å². The van der Waals surface area contributed by atoms with Crippen molar-refractivity contribution in [1.29, 1.82) is 0 Å². The van der Waals surface area contributed by atoms with Gasteiger partial charge in [-0.3, -0.25) is 0 Å². The summed E-state index contributed by atoms with van der Waals surface area (Å²) in [7, 11) is 3.65. The van der Waals surface area contributed by atoms with Crippen LogP contribution in [0.3, 0.4) is 0 Å². The Morgan fingerprint density at radius 3 is 2.68 bits per heavy atom. The molecule has 6 nitrogen and oxygen atoms in total. The van der Waals surface area contributed by atoms with Crippen LogP contribution < -0.4 is 10.1 Å². The van der Waals surface area contributed by atoms with Gasteiger partial charge < -0.3 is 14.6 Å². The molecule has 3 aromatic heterocycles. The van der Waals surface area contributed by atoms with Gasteiger partial charge in [0.2, 0.25) is 0 Å². The van der Waals surface area contributed by atoms with E-state index in [4.69, 9.17) is 4.74 Å². The van der Waals surface area contributed by atoms with Crippen molar-refractivity contribution in [3.05, 3.63) is 65.8 Å². The Kier molecular flexibility index (Phi) is 4.07. The number of ether oxygens (including phenoxy) is 1. The normalized spacial score (nSPS) is 12.2. The van der Waals surface area contributed by atoms with Crippen molar-refractivity contribution in [3.63, 3.8) is 0 Å². The van der Waals surface area contributed by atoms with Crippen LogP contribution in [0.2, 0.25) is 0 Å². The third kappa shape index (κ3) is 2.94. The molecular weight excluding hydrogens is 334 g/mol. The zero-order chi connectivity index (χ0) is 17.2. The SMILES string of the molecule is COc1ccc([C@H](Nc2ncnc3sccc23)c2nccn2C)cc1. The second-order valence-corrected chi connectivity index (χ2v) is 6.50. The molecule has 4 aromatic rings. The Labute approximate surface area is 149 Å². The molecule has 0 aliphatic rings. The highest BCUT2D eigenvalue weighted by molar-refractivity contribution is 7.16. The first-order valence-electron chi connectivity index (χ1n) is 7.82. The summed E-state index contributed by atoms with van der Waals surface area (Å²) in [5.74, 6) is 2.53. The Bertz CT molecular complexity index is 992. The molecule has 1 aromatic carbocycles. The van der Waals surface area contributed by atoms with Gasteiger partial charge in [-0.25, -0.2) is 15.0 Å². The number of rotatable bonds is 5. The van der Waals surface area contributed by atoms with Crippen LogP contribution in [0.25, 0.3) is 10.2 Å². The molecule has 126 valence electrons. The molecule has 0 unspecified atom stereocenters. The summed E-state index contributed by atoms with van der Waals surface area (Å²) in [5, 5.41) is 6.57. The smallest absolute Gasteiger partial charge is 0.139 e. The van der Waals surface area contributed by atoms with E-state index < -0.39 is 0 Å². The van der Waals surface area contributed by atoms with Crippen LogP contribution in [0, 0.1) is 0 Å². The van der Waals surface area contributed by atoms with Crippen molar-refractivity contribution in [2.75, 3.05) is 12.4 Å². The molecule has 0 amide bonds. The summed E-state index contributed by atoms with van der Waals surface area (Å²) in [6.45, 7) is 0. The van der Waals surface area contributed by atoms with Crippen LogP contribution >= 0.6 is 11.3 Å². The van der Waals surface area contributed by atoms with Crippen LogP contribution in [-0.4, -0.2) is 26.6 Å². The lowest BCUT2D eigenvalue weighted by atomic mass is 10.1. The Hall–Kier alpha value is -2.93. The number of imidazole rings is 1. The van der Waals surface area contributed by atoms with Crippen molar-refractivity contribution in [2.45, 2.75) is 6.04 Å². The number of nitrogens with one attached hydrogen (secondary N) is 1. The van der Waals surface area contributed by atoms with Crippen molar-refractivity contribution < 1.29 is 4.74 Å². The summed E-state index contributed by atoms with van der Waals surface area (Å²) >= 11 is 1.60. The van der Waals surface area contributed by atoms with Gasteiger partial charge in [0.25, 0.3) is 0 Å². The number of hydrogen-bond donors (Lipinski definition) is 1. The second kappa shape index (κ2) is 6.52. The molecule has 0 spiro atoms. The summed E-state index contributed by atoms with van der Waals surface area (Å²) < 4.78 is 7.28. The van der Waals surface area contributed by atoms with Crippen LogP contribution in [0.15, 0.2) is 54.4 Å². The minimum Gasteiger partial charge on any atom is -0.497 e. The predicted molar refractivity (Wildman–Crippen MR) is 99.1 cm³/mol. The zero-order valence-electron chi connectivity index (χ0n) is 13.9. The molecule has 0 radical (unpaired) electrons. The minimum atomic E-state index is -0.135. The molecule has 0 fully saturated rings. The van der Waals surface area contributed by atoms with Crippen LogP contribution in [0.4, 0.5) is 5.82 Å². The number of hydrogen-bond acceptors (Lipinski definition) is 6. The Morgan fingerprint density at radius 1 is 1.12 bits per heavy atom. The first kappa shape index (κ1) is 15.6. The van der Waals surface area contributed by atoms with Crippen LogP contribution in [0.5, 0.6) is 5.75 Å². The van der Waals surface area contributed by atoms with E-state index in [-0.39, 0.29) is 6.04 Å². The predicted octanol–water partition coefficient (Wildman–Crippen LogP) is 3.63. The van der Waals surface area contributed by atoms with Gasteiger partial charge >= 0.3 is 0 Å². The Balaban J connectivity index is 1.77. The van der Waals surface area contributed by atoms with E-state index in [9.17, 15) is 0 Å². The van der Waals surface area contributed by atoms with E-state index in [2.05, 4.69) is 20.3 Å². The van der Waals surface area contributed by atoms with Gasteiger partial charge in [0.1, 0.15) is 34.6 Å². The maximum Gasteiger partial charge on any atom is 0.139 e. The summed E-state index contributed by atoms with van der Waals surface area (Å²) in [6.07, 6.45) is 5.33. The second-order valence-electron chi connectivity index (χ2n) is 5.61. The molecule has 7 heteroatoms. The third-order valence-corrected chi connectivity index (χ3v) is 4.93. The summed E-state index contributed by atoms with van der Waals surface area (Å²) in [5.41, 5.74) is 1.08. The summed E-state index contributed by atoms with van der Waals surface area (Å²) in [6, 6.07) is 9.88. The fourth-order valence-corrected chi connectivity index (χ4v) is 3.52. The number of aryl methyl sites for hydroxylation is 1. The summed E-state index contributed by atoms with van der Waals surface area (Å²) in [4.78, 5) is 14.2. The standard InChI is InChI=1S/C18H17N5OS/c1-23-9-8-19-17(23)15(12-3-5-13(24-2)6-4-12)22-16-14-7-10-25-18(14)21-11-20-16/h3-11,15H,1-2H3,(H,20,21,22)/t15-/m0/s1. The number of aromatic nitrogens is 4. The average molecular weight is 351 g/mol. The molecule has 0 saturated carbocycles. The molecular formula is C18H17N5OS. The Morgan fingerprint density at radius 2 is 1.96 bits per heavy atom. The number of anilines is 1. The van der Waals surface area contributed by atoms with Crippen LogP contribution in [0.1, 0.15) is 17.4 Å². The van der Waals surface area contributed by atoms with Crippen LogP contribution in [-0.2, 0) is 7.05 Å². The fraction of sp³-hybridized carbons (Fsp3) is 0.167. The zero-order valence-corrected chi connectivity index (χ0v) is 14.7. The van der Waals surface area contributed by atoms with Gasteiger partial charge in [0.15, 0.2) is 0 Å². The minimum absolute atomic E-state index is 0.135. The third-order valence-electron chi connectivity index (χ3n) is 4.11. The molecule has 25 heavy (non-hydrogen) atoms. The molecule has 1 N–H and O–H groups in total. The molecule has 3 heterocycles. The number of methoxy groups -OCH3 is 1. The van der Waals surface area contributed by atoms with Gasteiger partial charge in [0.05, 0.1) is 12.5 Å². The number of nitrogens with zero attached hydrogens (tertiary/aromatic N) is 4. The van der Waals surface area contributed by atoms with E-state index in [1.54, 1.807) is 31.0 Å². The lowest BCUT2D eigenvalue weighted by Gasteiger charge is -2.20. The van der Waals surface area contributed by atoms with E-state index >= 15 is 0 Å². The van der Waals surface area contributed by atoms with Crippen molar-refractivity contribution in [3.8, 4) is 5.75 Å². The number of fused-ring (bicyclic) bond motifs is 1. The lowest BCUT2D eigenvalue weighted by Crippen LogP contribution is -2.17. The number of thiophene rings is 1. The topological polar surface area (TPSA) is 64.9 Å². The lowest BCUT2D eigenvalue weighted by molar-refractivity contribution is 0.414. The highest BCUT2D eigenvalue weighted by Gasteiger charge is 2.20. The van der Waals surface area contributed by atoms with E-state index in [1.165, 1.54) is 0 Å². The molecule has 0 saturated heterocycles. The van der Waals surface area contributed by atoms with Crippen molar-refractivity contribution >= 4 is 27.4 Å². The first-order valence-corrected chi connectivity index (χ1v) is 8.70. The maximum atomic E-state index is 5.27. The highest BCUT2D eigenvalue weighted by atomic mass is 32.1. The molecule has 0 aliphatic carbocycles. The maximum absolute atomic E-state index is 5.27. The van der Waals surface area contributed by atoms with E-state index in [0.29, 0.717) is 0 Å². The molecule has 1 atom stereocenters. The first-order chi connectivity index (χ1) is 12.3. The van der Waals surface area contributed by atoms with Gasteiger partial charge in [-0.15, -0.1) is 11.3 Å². The number of benzene rings is 1. The molecule has 4 rings (SSSR count).